The van der Waals surface area contributed by atoms with Crippen molar-refractivity contribution in [2.75, 3.05) is 6.61 Å². The molecule has 0 unspecified atom stereocenters. The monoisotopic (exact) mass is 142 g/mol. The minimum atomic E-state index is -1.07. The summed E-state index contributed by atoms with van der Waals surface area (Å²) in [6.45, 7) is -0.173. The molecule has 0 saturated heterocycles. The van der Waals surface area contributed by atoms with Crippen LogP contribution in [0.3, 0.4) is 0 Å². The van der Waals surface area contributed by atoms with Crippen LogP contribution in [0.15, 0.2) is 0 Å². The van der Waals surface area contributed by atoms with Crippen molar-refractivity contribution in [2.45, 2.75) is 12.5 Å². The minimum Gasteiger partial charge on any atom is -0.480 e. The van der Waals surface area contributed by atoms with Crippen molar-refractivity contribution in [3.63, 3.8) is 0 Å². The van der Waals surface area contributed by atoms with Crippen LogP contribution in [-0.4, -0.2) is 58.4 Å². The number of aliphatic hydroxyl groups is 1. The predicted octanol–water partition coefficient (Wildman–Crippen LogP) is -1.60. The van der Waals surface area contributed by atoms with Crippen LogP contribution in [0.1, 0.15) is 6.42 Å². The molecule has 4 nitrogen and oxygen atoms in total. The number of carboxylic acid groups (broad SMARTS) is 1. The predicted molar refractivity (Wildman–Crippen MR) is 33.1 cm³/mol. The van der Waals surface area contributed by atoms with Gasteiger partial charge in [0.2, 0.25) is 0 Å². The molecule has 0 aromatic carbocycles. The number of hydrogen-bond donors (Lipinski definition) is 3. The first kappa shape index (κ1) is 12.1. The molecule has 49 valence electrons. The second-order valence-electron chi connectivity index (χ2n) is 1.46. The Morgan fingerprint density at radius 3 is 2.22 bits per heavy atom. The topological polar surface area (TPSA) is 83.5 Å². The third-order valence-corrected chi connectivity index (χ3v) is 0.757. The molecular formula is C4H9NNaO3. The third-order valence-electron chi connectivity index (χ3n) is 0.757. The van der Waals surface area contributed by atoms with Gasteiger partial charge in [0, 0.05) is 36.2 Å². The zero-order valence-electron chi connectivity index (χ0n) is 5.37. The van der Waals surface area contributed by atoms with Crippen LogP contribution in [-0.2, 0) is 4.79 Å². The molecule has 0 aliphatic carbocycles. The maximum Gasteiger partial charge on any atom is 0.320 e. The first-order valence-electron chi connectivity index (χ1n) is 2.27. The van der Waals surface area contributed by atoms with E-state index in [2.05, 4.69) is 0 Å². The van der Waals surface area contributed by atoms with E-state index in [0.29, 0.717) is 0 Å². The molecule has 0 aromatic heterocycles. The number of aliphatic hydroxyl groups excluding tert-OH is 1. The molecule has 4 N–H and O–H groups in total. The average Bonchev–Trinajstić information content (AvgIpc) is 1.67. The van der Waals surface area contributed by atoms with Crippen LogP contribution >= 0.6 is 0 Å². The first-order chi connectivity index (χ1) is 3.68. The Bertz CT molecular complexity index is 87.9. The zero-order chi connectivity index (χ0) is 6.57. The summed E-state index contributed by atoms with van der Waals surface area (Å²) in [6, 6.07) is -0.917. The normalized spacial score (nSPS) is 11.8. The third kappa shape index (κ3) is 6.27. The number of rotatable bonds is 3. The molecule has 0 heterocycles. The Balaban J connectivity index is 0. The van der Waals surface area contributed by atoms with E-state index in [-0.39, 0.29) is 42.6 Å². The average molecular weight is 142 g/mol. The summed E-state index contributed by atoms with van der Waals surface area (Å²) >= 11 is 0. The molecule has 1 atom stereocenters. The number of carbonyl (C=O) groups is 1. The largest absolute Gasteiger partial charge is 0.480 e. The molecular weight excluding hydrogens is 133 g/mol. The van der Waals surface area contributed by atoms with Gasteiger partial charge in [-0.1, -0.05) is 0 Å². The summed E-state index contributed by atoms with van der Waals surface area (Å²) < 4.78 is 0. The van der Waals surface area contributed by atoms with Gasteiger partial charge in [-0.05, 0) is 6.42 Å². The SMILES string of the molecule is N[C@@H](CCO)C(=O)O.[Na]. The zero-order valence-corrected chi connectivity index (χ0v) is 7.37. The van der Waals surface area contributed by atoms with Crippen LogP contribution in [0.5, 0.6) is 0 Å². The van der Waals surface area contributed by atoms with Crippen molar-refractivity contribution in [2.24, 2.45) is 5.73 Å². The Hall–Kier alpha value is 0.390. The van der Waals surface area contributed by atoms with Crippen molar-refractivity contribution in [3.8, 4) is 0 Å². The van der Waals surface area contributed by atoms with Crippen molar-refractivity contribution < 1.29 is 15.0 Å². The Morgan fingerprint density at radius 1 is 1.67 bits per heavy atom. The summed E-state index contributed by atoms with van der Waals surface area (Å²) in [5.41, 5.74) is 4.97. The number of carboxylic acids is 1. The quantitative estimate of drug-likeness (QED) is 0.414. The van der Waals surface area contributed by atoms with Crippen LogP contribution in [0.4, 0.5) is 0 Å². The van der Waals surface area contributed by atoms with E-state index in [1.54, 1.807) is 0 Å². The smallest absolute Gasteiger partial charge is 0.320 e. The standard InChI is InChI=1S/C4H9NO3.Na/c5-3(1-2-6)4(7)8;/h3,6H,1-2,5H2,(H,7,8);/t3-;/m0./s1. The Morgan fingerprint density at radius 2 is 2.11 bits per heavy atom. The van der Waals surface area contributed by atoms with Gasteiger partial charge in [0.05, 0.1) is 0 Å². The van der Waals surface area contributed by atoms with Gasteiger partial charge in [0.25, 0.3) is 0 Å². The Labute approximate surface area is 75.3 Å². The molecule has 0 aliphatic rings. The maximum absolute atomic E-state index is 9.85. The summed E-state index contributed by atoms with van der Waals surface area (Å²) in [5.74, 6) is -1.07. The molecule has 0 amide bonds. The molecule has 5 heteroatoms. The van der Waals surface area contributed by atoms with E-state index in [4.69, 9.17) is 15.9 Å². The van der Waals surface area contributed by atoms with E-state index in [9.17, 15) is 4.79 Å². The molecule has 0 aromatic rings. The first-order valence-corrected chi connectivity index (χ1v) is 2.27. The van der Waals surface area contributed by atoms with E-state index >= 15 is 0 Å². The fourth-order valence-corrected chi connectivity index (χ4v) is 0.263. The van der Waals surface area contributed by atoms with Crippen LogP contribution in [0.2, 0.25) is 0 Å². The van der Waals surface area contributed by atoms with Gasteiger partial charge in [0.1, 0.15) is 6.04 Å². The van der Waals surface area contributed by atoms with Gasteiger partial charge in [-0.2, -0.15) is 0 Å². The number of nitrogens with two attached hydrogens (primary N) is 1. The van der Waals surface area contributed by atoms with Gasteiger partial charge < -0.3 is 15.9 Å². The molecule has 1 radical (unpaired) electrons. The van der Waals surface area contributed by atoms with Crippen molar-refractivity contribution >= 4 is 35.5 Å². The van der Waals surface area contributed by atoms with Gasteiger partial charge in [0.15, 0.2) is 0 Å². The molecule has 0 bridgehead atoms. The van der Waals surface area contributed by atoms with Gasteiger partial charge in [-0.3, -0.25) is 4.79 Å². The van der Waals surface area contributed by atoms with E-state index in [1.165, 1.54) is 0 Å². The van der Waals surface area contributed by atoms with Gasteiger partial charge in [-0.15, -0.1) is 0 Å². The summed E-state index contributed by atoms with van der Waals surface area (Å²) in [7, 11) is 0. The molecule has 0 rings (SSSR count). The van der Waals surface area contributed by atoms with Crippen LogP contribution < -0.4 is 5.73 Å². The van der Waals surface area contributed by atoms with Gasteiger partial charge >= 0.3 is 5.97 Å². The van der Waals surface area contributed by atoms with Crippen LogP contribution in [0.25, 0.3) is 0 Å². The number of hydrogen-bond acceptors (Lipinski definition) is 3. The van der Waals surface area contributed by atoms with Crippen LogP contribution in [0, 0.1) is 0 Å². The van der Waals surface area contributed by atoms with Gasteiger partial charge in [-0.25, -0.2) is 0 Å². The second kappa shape index (κ2) is 6.51. The second-order valence-corrected chi connectivity index (χ2v) is 1.46. The van der Waals surface area contributed by atoms with E-state index in [0.717, 1.165) is 0 Å². The molecule has 9 heavy (non-hydrogen) atoms. The van der Waals surface area contributed by atoms with Crippen molar-refractivity contribution in [1.29, 1.82) is 0 Å². The molecule has 0 aliphatic heterocycles. The molecule has 0 fully saturated rings. The van der Waals surface area contributed by atoms with E-state index in [1.807, 2.05) is 0 Å². The summed E-state index contributed by atoms with van der Waals surface area (Å²) in [5, 5.41) is 16.2. The summed E-state index contributed by atoms with van der Waals surface area (Å²) in [6.07, 6.45) is 0.120. The number of aliphatic carboxylic acids is 1. The fraction of sp³-hybridized carbons (Fsp3) is 0.750. The molecule has 0 spiro atoms. The minimum absolute atomic E-state index is 0. The Kier molecular flexibility index (Phi) is 8.75. The fourth-order valence-electron chi connectivity index (χ4n) is 0.263. The summed E-state index contributed by atoms with van der Waals surface area (Å²) in [4.78, 5) is 9.85. The van der Waals surface area contributed by atoms with Crippen molar-refractivity contribution in [3.05, 3.63) is 0 Å². The molecule has 0 saturated carbocycles. The maximum atomic E-state index is 9.85. The van der Waals surface area contributed by atoms with Crippen molar-refractivity contribution in [1.82, 2.24) is 0 Å². The van der Waals surface area contributed by atoms with E-state index < -0.39 is 12.0 Å².